The molecular weight excluding hydrogens is 312 g/mol. The fraction of sp³-hybridized carbons (Fsp3) is 0.176. The van der Waals surface area contributed by atoms with Crippen molar-refractivity contribution in [2.24, 2.45) is 0 Å². The van der Waals surface area contributed by atoms with E-state index in [2.05, 4.69) is 10.9 Å². The van der Waals surface area contributed by atoms with Gasteiger partial charge in [-0.25, -0.2) is 0 Å². The summed E-state index contributed by atoms with van der Waals surface area (Å²) in [5.41, 5.74) is 5.28. The minimum Gasteiger partial charge on any atom is -0.494 e. The lowest BCUT2D eigenvalue weighted by Gasteiger charge is -2.08. The first-order valence-electron chi connectivity index (χ1n) is 7.19. The van der Waals surface area contributed by atoms with Gasteiger partial charge in [0.05, 0.1) is 12.4 Å². The second-order valence-electron chi connectivity index (χ2n) is 4.56. The van der Waals surface area contributed by atoms with Gasteiger partial charge in [-0.1, -0.05) is 18.2 Å². The number of ether oxygens (including phenoxy) is 1. The van der Waals surface area contributed by atoms with Gasteiger partial charge in [-0.15, -0.1) is 11.8 Å². The summed E-state index contributed by atoms with van der Waals surface area (Å²) in [6.07, 6.45) is 0. The first-order valence-corrected chi connectivity index (χ1v) is 8.17. The first-order chi connectivity index (χ1) is 11.2. The van der Waals surface area contributed by atoms with Crippen LogP contribution in [0.5, 0.6) is 5.75 Å². The molecule has 2 aromatic carbocycles. The average molecular weight is 330 g/mol. The molecule has 0 radical (unpaired) electrons. The summed E-state index contributed by atoms with van der Waals surface area (Å²) in [7, 11) is 0. The largest absolute Gasteiger partial charge is 0.494 e. The molecular formula is C17H18N2O3S. The maximum absolute atomic E-state index is 11.8. The molecule has 0 atom stereocenters. The van der Waals surface area contributed by atoms with Gasteiger partial charge in [-0.3, -0.25) is 20.4 Å². The zero-order valence-electron chi connectivity index (χ0n) is 12.7. The molecule has 0 saturated heterocycles. The van der Waals surface area contributed by atoms with E-state index in [-0.39, 0.29) is 17.6 Å². The van der Waals surface area contributed by atoms with Crippen LogP contribution in [0.3, 0.4) is 0 Å². The highest BCUT2D eigenvalue weighted by Crippen LogP contribution is 2.21. The van der Waals surface area contributed by atoms with Crippen molar-refractivity contribution in [2.75, 3.05) is 12.4 Å². The van der Waals surface area contributed by atoms with Crippen molar-refractivity contribution in [3.05, 3.63) is 60.2 Å². The van der Waals surface area contributed by atoms with E-state index in [1.54, 1.807) is 24.3 Å². The molecule has 23 heavy (non-hydrogen) atoms. The van der Waals surface area contributed by atoms with Crippen LogP contribution in [0.15, 0.2) is 59.5 Å². The van der Waals surface area contributed by atoms with E-state index < -0.39 is 0 Å². The molecule has 0 fully saturated rings. The van der Waals surface area contributed by atoms with Crippen LogP contribution in [-0.4, -0.2) is 24.2 Å². The molecule has 0 aliphatic rings. The van der Waals surface area contributed by atoms with Crippen molar-refractivity contribution in [2.45, 2.75) is 11.8 Å². The quantitative estimate of drug-likeness (QED) is 0.631. The second-order valence-corrected chi connectivity index (χ2v) is 5.61. The number of hydrogen-bond donors (Lipinski definition) is 2. The van der Waals surface area contributed by atoms with Gasteiger partial charge >= 0.3 is 0 Å². The van der Waals surface area contributed by atoms with E-state index in [1.165, 1.54) is 11.8 Å². The smallest absolute Gasteiger partial charge is 0.269 e. The van der Waals surface area contributed by atoms with Gasteiger partial charge < -0.3 is 4.74 Å². The van der Waals surface area contributed by atoms with Gasteiger partial charge in [0.25, 0.3) is 5.91 Å². The van der Waals surface area contributed by atoms with Crippen LogP contribution in [0, 0.1) is 0 Å². The third-order valence-corrected chi connectivity index (χ3v) is 3.87. The maximum Gasteiger partial charge on any atom is 0.269 e. The molecule has 0 aliphatic heterocycles. The average Bonchev–Trinajstić information content (AvgIpc) is 2.60. The van der Waals surface area contributed by atoms with Crippen molar-refractivity contribution in [1.29, 1.82) is 0 Å². The lowest BCUT2D eigenvalue weighted by atomic mass is 10.2. The van der Waals surface area contributed by atoms with Crippen LogP contribution in [0.1, 0.15) is 17.3 Å². The van der Waals surface area contributed by atoms with Crippen LogP contribution in [-0.2, 0) is 4.79 Å². The molecule has 2 aromatic rings. The molecule has 0 spiro atoms. The molecule has 6 heteroatoms. The number of nitrogens with one attached hydrogen (secondary N) is 2. The van der Waals surface area contributed by atoms with E-state index in [1.807, 2.05) is 37.3 Å². The number of rotatable bonds is 6. The maximum atomic E-state index is 11.8. The van der Waals surface area contributed by atoms with Gasteiger partial charge in [0.15, 0.2) is 0 Å². The van der Waals surface area contributed by atoms with Gasteiger partial charge in [-0.05, 0) is 43.3 Å². The van der Waals surface area contributed by atoms with Crippen molar-refractivity contribution < 1.29 is 14.3 Å². The lowest BCUT2D eigenvalue weighted by Crippen LogP contribution is -2.42. The van der Waals surface area contributed by atoms with Crippen LogP contribution in [0.25, 0.3) is 0 Å². The van der Waals surface area contributed by atoms with E-state index in [0.717, 1.165) is 10.6 Å². The fourth-order valence-corrected chi connectivity index (χ4v) is 2.47. The van der Waals surface area contributed by atoms with Gasteiger partial charge in [0.2, 0.25) is 5.91 Å². The summed E-state index contributed by atoms with van der Waals surface area (Å²) in [5, 5.41) is 0. The third-order valence-electron chi connectivity index (χ3n) is 2.86. The number of carbonyl (C=O) groups is 2. The molecule has 2 rings (SSSR count). The molecule has 0 saturated carbocycles. The Morgan fingerprint density at radius 1 is 1.00 bits per heavy atom. The highest BCUT2D eigenvalue weighted by atomic mass is 32.2. The monoisotopic (exact) mass is 330 g/mol. The number of carbonyl (C=O) groups excluding carboxylic acids is 2. The predicted octanol–water partition coefficient (Wildman–Crippen LogP) is 2.64. The molecule has 2 N–H and O–H groups in total. The Morgan fingerprint density at radius 2 is 1.70 bits per heavy atom. The molecule has 0 heterocycles. The van der Waals surface area contributed by atoms with Crippen molar-refractivity contribution in [1.82, 2.24) is 10.9 Å². The normalized spacial score (nSPS) is 9.96. The Bertz CT molecular complexity index is 645. The fourth-order valence-electron chi connectivity index (χ4n) is 1.77. The summed E-state index contributed by atoms with van der Waals surface area (Å²) in [5.74, 6) is 0.401. The summed E-state index contributed by atoms with van der Waals surface area (Å²) < 4.78 is 5.36. The molecule has 0 aromatic heterocycles. The minimum atomic E-state index is -0.343. The van der Waals surface area contributed by atoms with Gasteiger partial charge in [0.1, 0.15) is 5.75 Å². The number of thioether (sulfide) groups is 1. The zero-order valence-corrected chi connectivity index (χ0v) is 13.6. The van der Waals surface area contributed by atoms with Gasteiger partial charge in [0, 0.05) is 10.5 Å². The van der Waals surface area contributed by atoms with E-state index >= 15 is 0 Å². The summed E-state index contributed by atoms with van der Waals surface area (Å²) in [6, 6.07) is 16.2. The lowest BCUT2D eigenvalue weighted by molar-refractivity contribution is -0.119. The highest BCUT2D eigenvalue weighted by molar-refractivity contribution is 8.00. The molecule has 0 unspecified atom stereocenters. The van der Waals surface area contributed by atoms with Crippen LogP contribution in [0.2, 0.25) is 0 Å². The summed E-state index contributed by atoms with van der Waals surface area (Å²) in [4.78, 5) is 24.5. The SMILES string of the molecule is CCOc1ccc(SCC(=O)NNC(=O)c2ccccc2)cc1. The first kappa shape index (κ1) is 16.9. The second kappa shape index (κ2) is 8.85. The Kier molecular flexibility index (Phi) is 6.50. The van der Waals surface area contributed by atoms with Crippen molar-refractivity contribution in [3.63, 3.8) is 0 Å². The predicted molar refractivity (Wildman–Crippen MR) is 90.4 cm³/mol. The number of amides is 2. The van der Waals surface area contributed by atoms with Crippen LogP contribution < -0.4 is 15.6 Å². The van der Waals surface area contributed by atoms with E-state index in [4.69, 9.17) is 4.74 Å². The Balaban J connectivity index is 1.73. The minimum absolute atomic E-state index is 0.211. The third kappa shape index (κ3) is 5.67. The molecule has 0 aliphatic carbocycles. The van der Waals surface area contributed by atoms with Crippen molar-refractivity contribution in [3.8, 4) is 5.75 Å². The standard InChI is InChI=1S/C17H18N2O3S/c1-2-22-14-8-10-15(11-9-14)23-12-16(20)18-19-17(21)13-6-4-3-5-7-13/h3-11H,2,12H2,1H3,(H,18,20)(H,19,21). The van der Waals surface area contributed by atoms with Gasteiger partial charge in [-0.2, -0.15) is 0 Å². The van der Waals surface area contributed by atoms with E-state index in [9.17, 15) is 9.59 Å². The summed E-state index contributed by atoms with van der Waals surface area (Å²) in [6.45, 7) is 2.55. The zero-order chi connectivity index (χ0) is 16.5. The van der Waals surface area contributed by atoms with E-state index in [0.29, 0.717) is 12.2 Å². The Morgan fingerprint density at radius 3 is 2.35 bits per heavy atom. The molecule has 2 amide bonds. The highest BCUT2D eigenvalue weighted by Gasteiger charge is 2.07. The number of hydrazine groups is 1. The summed E-state index contributed by atoms with van der Waals surface area (Å²) >= 11 is 1.38. The van der Waals surface area contributed by atoms with Crippen LogP contribution in [0.4, 0.5) is 0 Å². The molecule has 5 nitrogen and oxygen atoms in total. The Labute approximate surface area is 139 Å². The van der Waals surface area contributed by atoms with Crippen molar-refractivity contribution >= 4 is 23.6 Å². The Hall–Kier alpha value is -2.47. The molecule has 120 valence electrons. The molecule has 0 bridgehead atoms. The number of hydrogen-bond acceptors (Lipinski definition) is 4. The van der Waals surface area contributed by atoms with Crippen LogP contribution >= 0.6 is 11.8 Å². The number of benzene rings is 2. The topological polar surface area (TPSA) is 67.4 Å².